The third-order valence-electron chi connectivity index (χ3n) is 5.30. The standard InChI is InChI=1S/C24H30N2O5S/c1-3-16-31-22-9-4-21(5-10-22)19-25(2)24(27)13-8-20-6-11-23(12-7-20)32(28,29)26-14-17-30-18-15-26/h3-7,9-12H,1,8,13-19H2,2H3. The van der Waals surface area contributed by atoms with Gasteiger partial charge in [-0.05, 0) is 41.8 Å². The Morgan fingerprint density at radius 3 is 2.34 bits per heavy atom. The number of aryl methyl sites for hydroxylation is 1. The molecule has 172 valence electrons. The number of morpholine rings is 1. The van der Waals surface area contributed by atoms with Crippen LogP contribution in [0.4, 0.5) is 0 Å². The van der Waals surface area contributed by atoms with Crippen molar-refractivity contribution in [1.82, 2.24) is 9.21 Å². The summed E-state index contributed by atoms with van der Waals surface area (Å²) in [5, 5.41) is 0. The first-order valence-electron chi connectivity index (χ1n) is 10.6. The molecule has 1 heterocycles. The van der Waals surface area contributed by atoms with Gasteiger partial charge in [0.25, 0.3) is 0 Å². The first-order chi connectivity index (χ1) is 15.4. The van der Waals surface area contributed by atoms with E-state index in [0.29, 0.717) is 52.3 Å². The van der Waals surface area contributed by atoms with E-state index in [9.17, 15) is 13.2 Å². The monoisotopic (exact) mass is 458 g/mol. The van der Waals surface area contributed by atoms with Gasteiger partial charge in [0, 0.05) is 33.1 Å². The van der Waals surface area contributed by atoms with Crippen molar-refractivity contribution in [2.75, 3.05) is 40.0 Å². The van der Waals surface area contributed by atoms with Gasteiger partial charge in [-0.2, -0.15) is 4.31 Å². The Morgan fingerprint density at radius 2 is 1.72 bits per heavy atom. The lowest BCUT2D eigenvalue weighted by Gasteiger charge is -2.26. The minimum Gasteiger partial charge on any atom is -0.490 e. The van der Waals surface area contributed by atoms with Crippen LogP contribution in [0, 0.1) is 0 Å². The molecule has 1 saturated heterocycles. The van der Waals surface area contributed by atoms with Gasteiger partial charge >= 0.3 is 0 Å². The second-order valence-electron chi connectivity index (χ2n) is 7.65. The molecule has 1 aliphatic heterocycles. The Balaban J connectivity index is 1.50. The summed E-state index contributed by atoms with van der Waals surface area (Å²) in [6.07, 6.45) is 2.60. The highest BCUT2D eigenvalue weighted by Gasteiger charge is 2.26. The molecule has 8 heteroatoms. The molecule has 1 aliphatic rings. The lowest BCUT2D eigenvalue weighted by atomic mass is 10.1. The number of rotatable bonds is 10. The Labute approximate surface area is 190 Å². The molecule has 7 nitrogen and oxygen atoms in total. The molecule has 2 aromatic rings. The molecule has 0 atom stereocenters. The smallest absolute Gasteiger partial charge is 0.243 e. The highest BCUT2D eigenvalue weighted by Crippen LogP contribution is 2.19. The van der Waals surface area contributed by atoms with Gasteiger partial charge in [-0.25, -0.2) is 8.42 Å². The topological polar surface area (TPSA) is 76.2 Å². The largest absolute Gasteiger partial charge is 0.490 e. The molecule has 1 fully saturated rings. The number of carbonyl (C=O) groups excluding carboxylic acids is 1. The van der Waals surface area contributed by atoms with E-state index in [2.05, 4.69) is 6.58 Å². The van der Waals surface area contributed by atoms with E-state index in [1.807, 2.05) is 24.3 Å². The summed E-state index contributed by atoms with van der Waals surface area (Å²) in [7, 11) is -1.72. The van der Waals surface area contributed by atoms with Crippen LogP contribution in [0.25, 0.3) is 0 Å². The van der Waals surface area contributed by atoms with E-state index in [-0.39, 0.29) is 10.8 Å². The van der Waals surface area contributed by atoms with Gasteiger partial charge in [0.15, 0.2) is 0 Å². The van der Waals surface area contributed by atoms with Crippen molar-refractivity contribution < 1.29 is 22.7 Å². The Kier molecular flexibility index (Phi) is 8.44. The molecule has 0 unspecified atom stereocenters. The molecular weight excluding hydrogens is 428 g/mol. The second-order valence-corrected chi connectivity index (χ2v) is 9.59. The minimum atomic E-state index is -3.50. The predicted molar refractivity (Wildman–Crippen MR) is 123 cm³/mol. The summed E-state index contributed by atoms with van der Waals surface area (Å²) < 4.78 is 37.5. The summed E-state index contributed by atoms with van der Waals surface area (Å²) in [6.45, 7) is 6.17. The van der Waals surface area contributed by atoms with Crippen LogP contribution in [-0.2, 0) is 32.5 Å². The average Bonchev–Trinajstić information content (AvgIpc) is 2.83. The van der Waals surface area contributed by atoms with Gasteiger partial charge < -0.3 is 14.4 Å². The van der Waals surface area contributed by atoms with Crippen molar-refractivity contribution in [3.8, 4) is 5.75 Å². The maximum Gasteiger partial charge on any atom is 0.243 e. The summed E-state index contributed by atoms with van der Waals surface area (Å²) in [4.78, 5) is 14.5. The minimum absolute atomic E-state index is 0.0296. The van der Waals surface area contributed by atoms with E-state index in [1.165, 1.54) is 4.31 Å². The third-order valence-corrected chi connectivity index (χ3v) is 7.21. The van der Waals surface area contributed by atoms with Crippen molar-refractivity contribution in [2.24, 2.45) is 0 Å². The summed E-state index contributed by atoms with van der Waals surface area (Å²) >= 11 is 0. The van der Waals surface area contributed by atoms with Crippen LogP contribution in [-0.4, -0.2) is 63.5 Å². The number of hydrogen-bond acceptors (Lipinski definition) is 5. The second kappa shape index (κ2) is 11.3. The van der Waals surface area contributed by atoms with Crippen LogP contribution in [0.15, 0.2) is 66.1 Å². The summed E-state index contributed by atoms with van der Waals surface area (Å²) in [5.41, 5.74) is 1.95. The van der Waals surface area contributed by atoms with Crippen LogP contribution in [0.2, 0.25) is 0 Å². The molecule has 1 amide bonds. The van der Waals surface area contributed by atoms with Gasteiger partial charge in [0.1, 0.15) is 12.4 Å². The fraction of sp³-hybridized carbons (Fsp3) is 0.375. The maximum absolute atomic E-state index is 12.7. The average molecular weight is 459 g/mol. The normalized spacial score (nSPS) is 14.7. The quantitative estimate of drug-likeness (QED) is 0.512. The summed E-state index contributed by atoms with van der Waals surface area (Å²) in [6, 6.07) is 14.4. The number of sulfonamides is 1. The molecule has 0 saturated carbocycles. The molecule has 3 rings (SSSR count). The lowest BCUT2D eigenvalue weighted by Crippen LogP contribution is -2.40. The van der Waals surface area contributed by atoms with E-state index >= 15 is 0 Å². The van der Waals surface area contributed by atoms with Gasteiger partial charge in [0.05, 0.1) is 18.1 Å². The van der Waals surface area contributed by atoms with Crippen LogP contribution in [0.1, 0.15) is 17.5 Å². The molecule has 2 aromatic carbocycles. The highest BCUT2D eigenvalue weighted by atomic mass is 32.2. The zero-order valence-corrected chi connectivity index (χ0v) is 19.2. The van der Waals surface area contributed by atoms with E-state index in [1.54, 1.807) is 42.3 Å². The van der Waals surface area contributed by atoms with Gasteiger partial charge in [-0.1, -0.05) is 36.9 Å². The van der Waals surface area contributed by atoms with E-state index in [4.69, 9.17) is 9.47 Å². The van der Waals surface area contributed by atoms with Gasteiger partial charge in [0.2, 0.25) is 15.9 Å². The summed E-state index contributed by atoms with van der Waals surface area (Å²) in [5.74, 6) is 0.795. The first-order valence-corrected chi connectivity index (χ1v) is 12.1. The van der Waals surface area contributed by atoms with Crippen LogP contribution < -0.4 is 4.74 Å². The zero-order chi connectivity index (χ0) is 23.0. The fourth-order valence-electron chi connectivity index (χ4n) is 3.41. The van der Waals surface area contributed by atoms with Crippen molar-refractivity contribution in [1.29, 1.82) is 0 Å². The van der Waals surface area contributed by atoms with Crippen molar-refractivity contribution in [2.45, 2.75) is 24.3 Å². The van der Waals surface area contributed by atoms with Gasteiger partial charge in [-0.3, -0.25) is 4.79 Å². The zero-order valence-electron chi connectivity index (χ0n) is 18.4. The third kappa shape index (κ3) is 6.41. The number of ether oxygens (including phenoxy) is 2. The number of carbonyl (C=O) groups is 1. The van der Waals surface area contributed by atoms with E-state index in [0.717, 1.165) is 16.9 Å². The van der Waals surface area contributed by atoms with Crippen molar-refractivity contribution in [3.63, 3.8) is 0 Å². The Bertz CT molecular complexity index is 998. The van der Waals surface area contributed by atoms with Crippen LogP contribution >= 0.6 is 0 Å². The maximum atomic E-state index is 12.7. The number of hydrogen-bond donors (Lipinski definition) is 0. The number of benzene rings is 2. The molecular formula is C24H30N2O5S. The molecule has 0 bridgehead atoms. The van der Waals surface area contributed by atoms with Crippen molar-refractivity contribution >= 4 is 15.9 Å². The molecule has 0 N–H and O–H groups in total. The first kappa shape index (κ1) is 24.0. The highest BCUT2D eigenvalue weighted by molar-refractivity contribution is 7.89. The van der Waals surface area contributed by atoms with E-state index < -0.39 is 10.0 Å². The number of amides is 1. The lowest BCUT2D eigenvalue weighted by molar-refractivity contribution is -0.130. The van der Waals surface area contributed by atoms with Crippen LogP contribution in [0.3, 0.4) is 0 Å². The van der Waals surface area contributed by atoms with Gasteiger partial charge in [-0.15, -0.1) is 0 Å². The van der Waals surface area contributed by atoms with Crippen LogP contribution in [0.5, 0.6) is 5.75 Å². The number of nitrogens with zero attached hydrogens (tertiary/aromatic N) is 2. The SMILES string of the molecule is C=CCOc1ccc(CN(C)C(=O)CCc2ccc(S(=O)(=O)N3CCOCC3)cc2)cc1. The molecule has 0 aromatic heterocycles. The fourth-order valence-corrected chi connectivity index (χ4v) is 4.82. The molecule has 32 heavy (non-hydrogen) atoms. The predicted octanol–water partition coefficient (Wildman–Crippen LogP) is 2.86. The molecule has 0 aliphatic carbocycles. The molecule has 0 radical (unpaired) electrons. The van der Waals surface area contributed by atoms with Crippen molar-refractivity contribution in [3.05, 3.63) is 72.3 Å². The Hall–Kier alpha value is -2.68. The molecule has 0 spiro atoms. The Morgan fingerprint density at radius 1 is 1.09 bits per heavy atom.